The van der Waals surface area contributed by atoms with Gasteiger partial charge in [0, 0.05) is 18.4 Å². The minimum atomic E-state index is -3.05. The molecule has 1 aliphatic heterocycles. The third-order valence-corrected chi connectivity index (χ3v) is 5.91. The summed E-state index contributed by atoms with van der Waals surface area (Å²) in [6.45, 7) is 0.407. The molecule has 1 saturated heterocycles. The van der Waals surface area contributed by atoms with Crippen molar-refractivity contribution < 1.29 is 8.42 Å². The Balaban J connectivity index is 2.11. The first-order valence-electron chi connectivity index (χ1n) is 6.50. The zero-order valence-corrected chi connectivity index (χ0v) is 11.4. The van der Waals surface area contributed by atoms with Crippen molar-refractivity contribution in [2.45, 2.75) is 31.1 Å². The van der Waals surface area contributed by atoms with E-state index in [1.807, 2.05) is 28.8 Å². The summed E-state index contributed by atoms with van der Waals surface area (Å²) in [6.07, 6.45) is 4.21. The first-order valence-corrected chi connectivity index (χ1v) is 8.22. The standard InChI is InChI=1S/C13H17N3O2S/c14-8-10-4-3-6-13-15-11(9-16(10)13)12-5-1-2-7-19(12,17)18/h3-4,6,9,12H,1-2,5,7-8,14H2. The summed E-state index contributed by atoms with van der Waals surface area (Å²) in [6, 6.07) is 5.69. The van der Waals surface area contributed by atoms with E-state index in [0.717, 1.165) is 24.2 Å². The van der Waals surface area contributed by atoms with Crippen LogP contribution in [0.4, 0.5) is 0 Å². The van der Waals surface area contributed by atoms with Gasteiger partial charge < -0.3 is 10.1 Å². The van der Waals surface area contributed by atoms with Gasteiger partial charge in [0.25, 0.3) is 0 Å². The van der Waals surface area contributed by atoms with E-state index in [9.17, 15) is 8.42 Å². The van der Waals surface area contributed by atoms with Gasteiger partial charge >= 0.3 is 0 Å². The summed E-state index contributed by atoms with van der Waals surface area (Å²) in [5.41, 5.74) is 8.04. The molecular formula is C13H17N3O2S. The van der Waals surface area contributed by atoms with E-state index in [1.54, 1.807) is 0 Å². The average Bonchev–Trinajstić information content (AvgIpc) is 2.81. The Kier molecular flexibility index (Phi) is 3.06. The lowest BCUT2D eigenvalue weighted by Crippen LogP contribution is -2.21. The summed E-state index contributed by atoms with van der Waals surface area (Å²) in [7, 11) is -3.05. The van der Waals surface area contributed by atoms with Crippen molar-refractivity contribution in [1.29, 1.82) is 0 Å². The van der Waals surface area contributed by atoms with Gasteiger partial charge in [0.2, 0.25) is 0 Å². The number of aromatic nitrogens is 2. The van der Waals surface area contributed by atoms with Crippen LogP contribution in [0.1, 0.15) is 35.9 Å². The maximum absolute atomic E-state index is 12.1. The minimum Gasteiger partial charge on any atom is -0.325 e. The first-order chi connectivity index (χ1) is 9.12. The highest BCUT2D eigenvalue weighted by atomic mass is 32.2. The van der Waals surface area contributed by atoms with Crippen LogP contribution in [0.2, 0.25) is 0 Å². The Labute approximate surface area is 112 Å². The summed E-state index contributed by atoms with van der Waals surface area (Å²) in [5, 5.41) is -0.452. The van der Waals surface area contributed by atoms with E-state index in [0.29, 0.717) is 18.7 Å². The molecule has 6 heteroatoms. The lowest BCUT2D eigenvalue weighted by atomic mass is 10.1. The molecule has 3 rings (SSSR count). The number of pyridine rings is 1. The third kappa shape index (κ3) is 2.15. The van der Waals surface area contributed by atoms with Gasteiger partial charge in [-0.1, -0.05) is 12.5 Å². The van der Waals surface area contributed by atoms with E-state index in [4.69, 9.17) is 5.73 Å². The van der Waals surface area contributed by atoms with Crippen molar-refractivity contribution in [2.24, 2.45) is 5.73 Å². The van der Waals surface area contributed by atoms with Crippen LogP contribution >= 0.6 is 0 Å². The smallest absolute Gasteiger partial charge is 0.158 e. The van der Waals surface area contributed by atoms with Gasteiger partial charge in [-0.2, -0.15) is 0 Å². The number of rotatable bonds is 2. The highest BCUT2D eigenvalue weighted by Crippen LogP contribution is 2.33. The van der Waals surface area contributed by atoms with Gasteiger partial charge in [-0.3, -0.25) is 0 Å². The number of fused-ring (bicyclic) bond motifs is 1. The van der Waals surface area contributed by atoms with Crippen molar-refractivity contribution in [3.63, 3.8) is 0 Å². The largest absolute Gasteiger partial charge is 0.325 e. The fraction of sp³-hybridized carbons (Fsp3) is 0.462. The Morgan fingerprint density at radius 2 is 2.21 bits per heavy atom. The molecular weight excluding hydrogens is 262 g/mol. The molecule has 5 nitrogen and oxygen atoms in total. The van der Waals surface area contributed by atoms with Crippen LogP contribution < -0.4 is 5.73 Å². The fourth-order valence-corrected chi connectivity index (χ4v) is 4.59. The predicted octanol–water partition coefficient (Wildman–Crippen LogP) is 1.43. The monoisotopic (exact) mass is 279 g/mol. The molecule has 0 saturated carbocycles. The van der Waals surface area contributed by atoms with Crippen LogP contribution in [-0.2, 0) is 16.4 Å². The number of imidazole rings is 1. The molecule has 102 valence electrons. The fourth-order valence-electron chi connectivity index (χ4n) is 2.69. The van der Waals surface area contributed by atoms with Crippen LogP contribution in [0, 0.1) is 0 Å². The van der Waals surface area contributed by atoms with Crippen LogP contribution in [0.3, 0.4) is 0 Å². The van der Waals surface area contributed by atoms with E-state index in [-0.39, 0.29) is 5.75 Å². The molecule has 1 fully saturated rings. The molecule has 0 amide bonds. The lowest BCUT2D eigenvalue weighted by Gasteiger charge is -2.20. The predicted molar refractivity (Wildman–Crippen MR) is 73.5 cm³/mol. The maximum Gasteiger partial charge on any atom is 0.158 e. The van der Waals surface area contributed by atoms with Gasteiger partial charge in [0.15, 0.2) is 9.84 Å². The topological polar surface area (TPSA) is 77.5 Å². The first kappa shape index (κ1) is 12.6. The summed E-state index contributed by atoms with van der Waals surface area (Å²) in [4.78, 5) is 4.47. The Hall–Kier alpha value is -1.40. The molecule has 1 aliphatic rings. The van der Waals surface area contributed by atoms with Crippen molar-refractivity contribution in [2.75, 3.05) is 5.75 Å². The number of nitrogens with two attached hydrogens (primary N) is 1. The van der Waals surface area contributed by atoms with Gasteiger partial charge in [0.1, 0.15) is 10.9 Å². The van der Waals surface area contributed by atoms with E-state index in [1.165, 1.54) is 0 Å². The second-order valence-electron chi connectivity index (χ2n) is 4.97. The molecule has 1 atom stereocenters. The van der Waals surface area contributed by atoms with Crippen molar-refractivity contribution in [1.82, 2.24) is 9.38 Å². The SMILES string of the molecule is NCc1cccc2nc(C3CCCCS3(=O)=O)cn12. The van der Waals surface area contributed by atoms with Crippen LogP contribution in [0.25, 0.3) is 5.65 Å². The van der Waals surface area contributed by atoms with Crippen LogP contribution in [0.5, 0.6) is 0 Å². The molecule has 19 heavy (non-hydrogen) atoms. The highest BCUT2D eigenvalue weighted by molar-refractivity contribution is 7.91. The molecule has 2 aromatic heterocycles. The zero-order chi connectivity index (χ0) is 13.5. The van der Waals surface area contributed by atoms with Gasteiger partial charge in [-0.15, -0.1) is 0 Å². The molecule has 0 aliphatic carbocycles. The molecule has 0 radical (unpaired) electrons. The summed E-state index contributed by atoms with van der Waals surface area (Å²) >= 11 is 0. The zero-order valence-electron chi connectivity index (χ0n) is 10.6. The van der Waals surface area contributed by atoms with Crippen molar-refractivity contribution in [3.8, 4) is 0 Å². The Bertz CT molecular complexity index is 706. The lowest BCUT2D eigenvalue weighted by molar-refractivity contribution is 0.543. The second-order valence-corrected chi connectivity index (χ2v) is 7.27. The van der Waals surface area contributed by atoms with E-state index < -0.39 is 15.1 Å². The number of hydrogen-bond donors (Lipinski definition) is 1. The molecule has 1 unspecified atom stereocenters. The number of hydrogen-bond acceptors (Lipinski definition) is 4. The molecule has 2 aromatic rings. The molecule has 0 bridgehead atoms. The van der Waals surface area contributed by atoms with Crippen molar-refractivity contribution >= 4 is 15.5 Å². The normalized spacial score (nSPS) is 22.7. The molecule has 2 N–H and O–H groups in total. The third-order valence-electron chi connectivity index (χ3n) is 3.71. The van der Waals surface area contributed by atoms with E-state index in [2.05, 4.69) is 4.98 Å². The van der Waals surface area contributed by atoms with Gasteiger partial charge in [-0.05, 0) is 25.0 Å². The summed E-state index contributed by atoms with van der Waals surface area (Å²) < 4.78 is 26.2. The van der Waals surface area contributed by atoms with Crippen molar-refractivity contribution in [3.05, 3.63) is 35.8 Å². The van der Waals surface area contributed by atoms with Crippen LogP contribution in [0.15, 0.2) is 24.4 Å². The Morgan fingerprint density at radius 1 is 1.37 bits per heavy atom. The molecule has 0 aromatic carbocycles. The number of nitrogens with zero attached hydrogens (tertiary/aromatic N) is 2. The summed E-state index contributed by atoms with van der Waals surface area (Å²) in [5.74, 6) is 0.273. The molecule has 3 heterocycles. The Morgan fingerprint density at radius 3 is 2.95 bits per heavy atom. The van der Waals surface area contributed by atoms with Gasteiger partial charge in [0.05, 0.1) is 11.4 Å². The quantitative estimate of drug-likeness (QED) is 0.902. The highest BCUT2D eigenvalue weighted by Gasteiger charge is 2.32. The second kappa shape index (κ2) is 4.61. The average molecular weight is 279 g/mol. The maximum atomic E-state index is 12.1. The number of sulfone groups is 1. The minimum absolute atomic E-state index is 0.273. The van der Waals surface area contributed by atoms with Gasteiger partial charge in [-0.25, -0.2) is 13.4 Å². The van der Waals surface area contributed by atoms with Crippen LogP contribution in [-0.4, -0.2) is 23.6 Å². The van der Waals surface area contributed by atoms with E-state index >= 15 is 0 Å². The molecule has 0 spiro atoms.